The number of aromatic nitrogens is 3. The Bertz CT molecular complexity index is 927. The summed E-state index contributed by atoms with van der Waals surface area (Å²) < 4.78 is 10.7. The fourth-order valence-electron chi connectivity index (χ4n) is 4.97. The Kier molecular flexibility index (Phi) is 4.96. The molecule has 9 heteroatoms. The number of fused-ring (bicyclic) bond motifs is 1. The zero-order chi connectivity index (χ0) is 20.7. The van der Waals surface area contributed by atoms with E-state index in [0.29, 0.717) is 11.6 Å². The number of rotatable bonds is 6. The van der Waals surface area contributed by atoms with Gasteiger partial charge in [-0.1, -0.05) is 5.16 Å². The number of amides is 2. The van der Waals surface area contributed by atoms with Crippen LogP contribution in [0.1, 0.15) is 61.6 Å². The van der Waals surface area contributed by atoms with Crippen LogP contribution in [0.5, 0.6) is 0 Å². The van der Waals surface area contributed by atoms with Gasteiger partial charge in [-0.2, -0.15) is 5.10 Å². The van der Waals surface area contributed by atoms with Crippen molar-refractivity contribution in [2.45, 2.75) is 69.9 Å². The van der Waals surface area contributed by atoms with Crippen LogP contribution in [0.4, 0.5) is 10.6 Å². The summed E-state index contributed by atoms with van der Waals surface area (Å²) in [6.07, 6.45) is 5.80. The average Bonchev–Trinajstić information content (AvgIpc) is 3.20. The number of aromatic amines is 1. The molecule has 0 bridgehead atoms. The number of aryl methyl sites for hydroxylation is 1. The first-order valence-corrected chi connectivity index (χ1v) is 10.8. The molecule has 3 N–H and O–H groups in total. The number of alkyl carbamates (subject to hydrolysis) is 1. The third-order valence-electron chi connectivity index (χ3n) is 6.54. The Balaban J connectivity index is 1.08. The average molecular weight is 413 g/mol. The molecule has 3 aliphatic rings. The molecule has 4 atom stereocenters. The van der Waals surface area contributed by atoms with Crippen molar-refractivity contribution in [2.24, 2.45) is 11.8 Å². The summed E-state index contributed by atoms with van der Waals surface area (Å²) in [5.41, 5.74) is 1.69. The number of H-pyrrole nitrogens is 1. The number of carbonyl (C=O) groups excluding carboxylic acids is 2. The number of carbonyl (C=O) groups is 2. The number of hydrogen-bond donors (Lipinski definition) is 3. The topological polar surface area (TPSA) is 122 Å². The monoisotopic (exact) mass is 413 g/mol. The molecule has 30 heavy (non-hydrogen) atoms. The van der Waals surface area contributed by atoms with Crippen LogP contribution < -0.4 is 10.6 Å². The van der Waals surface area contributed by atoms with E-state index in [9.17, 15) is 9.59 Å². The number of hydrogen-bond acceptors (Lipinski definition) is 6. The van der Waals surface area contributed by atoms with Gasteiger partial charge in [0.15, 0.2) is 5.82 Å². The summed E-state index contributed by atoms with van der Waals surface area (Å²) in [5, 5.41) is 16.8. The van der Waals surface area contributed by atoms with Crippen LogP contribution >= 0.6 is 0 Å². The summed E-state index contributed by atoms with van der Waals surface area (Å²) in [6, 6.07) is 3.87. The van der Waals surface area contributed by atoms with Crippen LogP contribution in [-0.2, 0) is 16.0 Å². The van der Waals surface area contributed by atoms with Crippen molar-refractivity contribution in [2.75, 3.05) is 5.32 Å². The van der Waals surface area contributed by atoms with Gasteiger partial charge >= 0.3 is 6.09 Å². The summed E-state index contributed by atoms with van der Waals surface area (Å²) in [6.45, 7) is 1.81. The highest BCUT2D eigenvalue weighted by atomic mass is 16.6. The predicted octanol–water partition coefficient (Wildman–Crippen LogP) is 3.05. The lowest BCUT2D eigenvalue weighted by Crippen LogP contribution is -2.36. The van der Waals surface area contributed by atoms with Crippen LogP contribution in [0.15, 0.2) is 16.7 Å². The summed E-state index contributed by atoms with van der Waals surface area (Å²) in [4.78, 5) is 24.3. The van der Waals surface area contributed by atoms with Crippen molar-refractivity contribution in [1.82, 2.24) is 20.7 Å². The normalized spacial score (nSPS) is 29.4. The van der Waals surface area contributed by atoms with Crippen LogP contribution in [0.25, 0.3) is 0 Å². The zero-order valence-electron chi connectivity index (χ0n) is 17.0. The van der Waals surface area contributed by atoms with Gasteiger partial charge in [0.1, 0.15) is 11.9 Å². The van der Waals surface area contributed by atoms with Gasteiger partial charge in [-0.25, -0.2) is 4.79 Å². The van der Waals surface area contributed by atoms with Gasteiger partial charge < -0.3 is 19.9 Å². The Morgan fingerprint density at radius 3 is 2.80 bits per heavy atom. The molecule has 3 saturated carbocycles. The molecule has 2 aromatic heterocycles. The minimum atomic E-state index is -0.285. The van der Waals surface area contributed by atoms with Crippen molar-refractivity contribution >= 4 is 17.8 Å². The molecule has 0 spiro atoms. The molecule has 2 aromatic rings. The Hall–Kier alpha value is -2.84. The SMILES string of the molecule is Cc1cc(CC(=O)Nc2cc([C@H]3CC[C@H](OC(=O)NC4CC5CC5C4)C3)[nH]n2)on1. The lowest BCUT2D eigenvalue weighted by Gasteiger charge is -2.17. The lowest BCUT2D eigenvalue weighted by atomic mass is 10.0. The minimum Gasteiger partial charge on any atom is -0.446 e. The number of nitrogens with one attached hydrogen (secondary N) is 3. The molecular weight excluding hydrogens is 386 g/mol. The molecule has 9 nitrogen and oxygen atoms in total. The van der Waals surface area contributed by atoms with E-state index in [1.54, 1.807) is 6.07 Å². The van der Waals surface area contributed by atoms with Crippen molar-refractivity contribution in [1.29, 1.82) is 0 Å². The van der Waals surface area contributed by atoms with Crippen LogP contribution in [-0.4, -0.2) is 39.5 Å². The Morgan fingerprint density at radius 2 is 2.03 bits per heavy atom. The predicted molar refractivity (Wildman–Crippen MR) is 107 cm³/mol. The molecule has 0 radical (unpaired) electrons. The van der Waals surface area contributed by atoms with E-state index in [2.05, 4.69) is 26.0 Å². The fourth-order valence-corrected chi connectivity index (χ4v) is 4.97. The van der Waals surface area contributed by atoms with Crippen molar-refractivity contribution in [3.05, 3.63) is 29.3 Å². The van der Waals surface area contributed by atoms with Gasteiger partial charge in [0.25, 0.3) is 0 Å². The van der Waals surface area contributed by atoms with E-state index >= 15 is 0 Å². The summed E-state index contributed by atoms with van der Waals surface area (Å²) >= 11 is 0. The van der Waals surface area contributed by atoms with Gasteiger partial charge in [-0.05, 0) is 57.3 Å². The van der Waals surface area contributed by atoms with E-state index in [1.165, 1.54) is 6.42 Å². The van der Waals surface area contributed by atoms with Gasteiger partial charge in [0.05, 0.1) is 12.1 Å². The molecule has 2 unspecified atom stereocenters. The van der Waals surface area contributed by atoms with Gasteiger partial charge in [0, 0.05) is 29.8 Å². The van der Waals surface area contributed by atoms with Crippen molar-refractivity contribution < 1.29 is 18.8 Å². The standard InChI is InChI=1S/C21H27N5O4/c1-11-4-17(30-26-11)9-20(27)23-19-10-18(24-25-19)12-2-3-16(8-12)29-21(28)22-15-6-13-5-14(13)7-15/h4,10,12-16H,2-3,5-9H2,1H3,(H,22,28)(H2,23,24,25,27)/t12-,13?,14?,15?,16-/m0/s1. The Morgan fingerprint density at radius 1 is 1.20 bits per heavy atom. The number of ether oxygens (including phenoxy) is 1. The van der Waals surface area contributed by atoms with Gasteiger partial charge in [-0.15, -0.1) is 0 Å². The molecule has 2 heterocycles. The first kappa shape index (κ1) is 19.1. The highest BCUT2D eigenvalue weighted by Crippen LogP contribution is 2.51. The smallest absolute Gasteiger partial charge is 0.407 e. The molecule has 3 aliphatic carbocycles. The fraction of sp³-hybridized carbons (Fsp3) is 0.619. The third kappa shape index (κ3) is 4.34. The minimum absolute atomic E-state index is 0.0815. The largest absolute Gasteiger partial charge is 0.446 e. The Labute approximate surface area is 174 Å². The first-order chi connectivity index (χ1) is 14.5. The second-order valence-corrected chi connectivity index (χ2v) is 8.97. The second kappa shape index (κ2) is 7.77. The van der Waals surface area contributed by atoms with E-state index in [0.717, 1.165) is 55.3 Å². The number of anilines is 1. The maximum atomic E-state index is 12.2. The van der Waals surface area contributed by atoms with Gasteiger partial charge in [0.2, 0.25) is 5.91 Å². The van der Waals surface area contributed by atoms with Crippen LogP contribution in [0, 0.1) is 18.8 Å². The maximum absolute atomic E-state index is 12.2. The van der Waals surface area contributed by atoms with Crippen LogP contribution in [0.3, 0.4) is 0 Å². The van der Waals surface area contributed by atoms with E-state index in [1.807, 2.05) is 13.0 Å². The van der Waals surface area contributed by atoms with Crippen LogP contribution in [0.2, 0.25) is 0 Å². The highest BCUT2D eigenvalue weighted by molar-refractivity contribution is 5.91. The van der Waals surface area contributed by atoms with E-state index in [4.69, 9.17) is 9.26 Å². The second-order valence-electron chi connectivity index (χ2n) is 8.97. The van der Waals surface area contributed by atoms with E-state index in [-0.39, 0.29) is 36.5 Å². The molecule has 160 valence electrons. The maximum Gasteiger partial charge on any atom is 0.407 e. The van der Waals surface area contributed by atoms with Crippen molar-refractivity contribution in [3.8, 4) is 0 Å². The summed E-state index contributed by atoms with van der Waals surface area (Å²) in [5.74, 6) is 2.69. The van der Waals surface area contributed by atoms with Gasteiger partial charge in [-0.3, -0.25) is 9.89 Å². The third-order valence-corrected chi connectivity index (χ3v) is 6.54. The summed E-state index contributed by atoms with van der Waals surface area (Å²) in [7, 11) is 0. The molecule has 2 amide bonds. The van der Waals surface area contributed by atoms with Crippen molar-refractivity contribution in [3.63, 3.8) is 0 Å². The zero-order valence-corrected chi connectivity index (χ0v) is 17.0. The first-order valence-electron chi connectivity index (χ1n) is 10.8. The molecule has 3 fully saturated rings. The molecule has 0 saturated heterocycles. The number of nitrogens with zero attached hydrogens (tertiary/aromatic N) is 2. The molecular formula is C21H27N5O4. The van der Waals surface area contributed by atoms with E-state index < -0.39 is 0 Å². The molecule has 0 aliphatic heterocycles. The molecule has 5 rings (SSSR count). The quantitative estimate of drug-likeness (QED) is 0.669. The highest BCUT2D eigenvalue weighted by Gasteiger charge is 2.46. The molecule has 0 aromatic carbocycles. The lowest BCUT2D eigenvalue weighted by molar-refractivity contribution is -0.115.